The zero-order chi connectivity index (χ0) is 21.2. The van der Waals surface area contributed by atoms with Gasteiger partial charge in [-0.05, 0) is 36.1 Å². The van der Waals surface area contributed by atoms with E-state index in [0.29, 0.717) is 11.2 Å². The van der Waals surface area contributed by atoms with E-state index in [4.69, 9.17) is 10.5 Å². The van der Waals surface area contributed by atoms with Gasteiger partial charge in [-0.2, -0.15) is 4.98 Å². The van der Waals surface area contributed by atoms with Crippen molar-refractivity contribution in [1.29, 1.82) is 0 Å². The van der Waals surface area contributed by atoms with E-state index in [1.807, 2.05) is 0 Å². The van der Waals surface area contributed by atoms with Gasteiger partial charge in [0.1, 0.15) is 6.10 Å². The number of aliphatic hydroxyl groups is 1. The highest BCUT2D eigenvalue weighted by Gasteiger charge is 2.38. The van der Waals surface area contributed by atoms with Crippen molar-refractivity contribution in [1.82, 2.24) is 14.6 Å². The summed E-state index contributed by atoms with van der Waals surface area (Å²) in [5.74, 6) is -4.09. The molecule has 0 fully saturated rings. The number of ether oxygens (including phenoxy) is 1. The highest BCUT2D eigenvalue weighted by molar-refractivity contribution is 5.69. The van der Waals surface area contributed by atoms with Gasteiger partial charge in [-0.3, -0.25) is 0 Å². The molecule has 0 spiro atoms. The Labute approximate surface area is 166 Å². The van der Waals surface area contributed by atoms with E-state index in [1.165, 1.54) is 10.6 Å². The molecule has 0 amide bonds. The molecular formula is C20H23F3N4O2. The number of pyridine rings is 1. The van der Waals surface area contributed by atoms with Crippen LogP contribution in [0.15, 0.2) is 36.5 Å². The standard InChI is InChI=1S/C20H23F3N4O2/c1-12(2)10-16(28)20(22,23)7-9-29-15-5-3-4-14(18(15)21)13-6-8-27-17(11-13)25-19(24)26-27/h3-6,8,11-12,16,28H,7,9-10H2,1-2H3,(H2,24,26). The number of hydrogen-bond donors (Lipinski definition) is 2. The van der Waals surface area contributed by atoms with E-state index in [-0.39, 0.29) is 29.6 Å². The van der Waals surface area contributed by atoms with E-state index < -0.39 is 30.9 Å². The molecule has 0 aliphatic heterocycles. The molecule has 3 aromatic rings. The Morgan fingerprint density at radius 2 is 2.03 bits per heavy atom. The molecule has 0 aliphatic carbocycles. The second kappa shape index (κ2) is 8.28. The Morgan fingerprint density at radius 3 is 2.76 bits per heavy atom. The Kier molecular flexibility index (Phi) is 5.97. The van der Waals surface area contributed by atoms with Crippen LogP contribution >= 0.6 is 0 Å². The predicted octanol–water partition coefficient (Wildman–Crippen LogP) is 3.93. The van der Waals surface area contributed by atoms with Crippen LogP contribution < -0.4 is 10.5 Å². The third kappa shape index (κ3) is 4.79. The van der Waals surface area contributed by atoms with Crippen molar-refractivity contribution in [3.05, 3.63) is 42.3 Å². The molecule has 0 radical (unpaired) electrons. The lowest BCUT2D eigenvalue weighted by atomic mass is 9.99. The van der Waals surface area contributed by atoms with Gasteiger partial charge in [0.15, 0.2) is 17.2 Å². The van der Waals surface area contributed by atoms with Crippen molar-refractivity contribution >= 4 is 11.6 Å². The number of hydrogen-bond acceptors (Lipinski definition) is 5. The van der Waals surface area contributed by atoms with E-state index in [1.54, 1.807) is 44.3 Å². The molecule has 29 heavy (non-hydrogen) atoms. The third-order valence-electron chi connectivity index (χ3n) is 4.50. The normalized spacial score (nSPS) is 13.2. The van der Waals surface area contributed by atoms with E-state index in [2.05, 4.69) is 10.1 Å². The minimum atomic E-state index is -3.31. The lowest BCUT2D eigenvalue weighted by Crippen LogP contribution is -2.36. The molecule has 0 aliphatic rings. The second-order valence-corrected chi connectivity index (χ2v) is 7.31. The molecule has 1 unspecified atom stereocenters. The van der Waals surface area contributed by atoms with Crippen LogP contribution in [0.2, 0.25) is 0 Å². The number of aliphatic hydroxyl groups excluding tert-OH is 1. The van der Waals surface area contributed by atoms with Crippen LogP contribution in [0.4, 0.5) is 19.1 Å². The molecule has 0 saturated heterocycles. The first-order chi connectivity index (χ1) is 13.7. The van der Waals surface area contributed by atoms with Gasteiger partial charge in [0.05, 0.1) is 6.61 Å². The van der Waals surface area contributed by atoms with Gasteiger partial charge >= 0.3 is 0 Å². The first-order valence-electron chi connectivity index (χ1n) is 9.27. The van der Waals surface area contributed by atoms with Gasteiger partial charge in [0.25, 0.3) is 5.92 Å². The Bertz CT molecular complexity index is 991. The highest BCUT2D eigenvalue weighted by Crippen LogP contribution is 2.31. The molecular weight excluding hydrogens is 385 g/mol. The molecule has 3 N–H and O–H groups in total. The summed E-state index contributed by atoms with van der Waals surface area (Å²) in [7, 11) is 0. The summed E-state index contributed by atoms with van der Waals surface area (Å²) < 4.78 is 49.7. The Hall–Kier alpha value is -2.81. The SMILES string of the molecule is CC(C)CC(O)C(F)(F)CCOc1cccc(-c2ccn3nc(N)nc3c2)c1F. The van der Waals surface area contributed by atoms with Crippen molar-refractivity contribution in [2.24, 2.45) is 5.92 Å². The van der Waals surface area contributed by atoms with Gasteiger partial charge in [-0.15, -0.1) is 5.10 Å². The molecule has 2 heterocycles. The molecule has 0 bridgehead atoms. The monoisotopic (exact) mass is 408 g/mol. The molecule has 3 rings (SSSR count). The number of nitrogens with two attached hydrogens (primary N) is 1. The summed E-state index contributed by atoms with van der Waals surface area (Å²) in [6.45, 7) is 3.08. The summed E-state index contributed by atoms with van der Waals surface area (Å²) >= 11 is 0. The van der Waals surface area contributed by atoms with Gasteiger partial charge in [0.2, 0.25) is 5.95 Å². The molecule has 2 aromatic heterocycles. The maximum Gasteiger partial charge on any atom is 0.276 e. The molecule has 1 atom stereocenters. The highest BCUT2D eigenvalue weighted by atomic mass is 19.3. The topological polar surface area (TPSA) is 85.7 Å². The lowest BCUT2D eigenvalue weighted by Gasteiger charge is -2.24. The third-order valence-corrected chi connectivity index (χ3v) is 4.50. The van der Waals surface area contributed by atoms with Crippen molar-refractivity contribution in [2.45, 2.75) is 38.7 Å². The number of rotatable bonds is 8. The summed E-state index contributed by atoms with van der Waals surface area (Å²) in [6.07, 6.45) is -0.899. The zero-order valence-electron chi connectivity index (χ0n) is 16.1. The van der Waals surface area contributed by atoms with Crippen LogP contribution in [-0.2, 0) is 0 Å². The quantitative estimate of drug-likeness (QED) is 0.590. The summed E-state index contributed by atoms with van der Waals surface area (Å²) in [6, 6.07) is 7.74. The van der Waals surface area contributed by atoms with Crippen LogP contribution in [0.3, 0.4) is 0 Å². The number of fused-ring (bicyclic) bond motifs is 1. The van der Waals surface area contributed by atoms with Gasteiger partial charge in [-0.1, -0.05) is 26.0 Å². The minimum Gasteiger partial charge on any atom is -0.490 e. The predicted molar refractivity (Wildman–Crippen MR) is 103 cm³/mol. The molecule has 9 heteroatoms. The maximum atomic E-state index is 14.9. The molecule has 1 aromatic carbocycles. The minimum absolute atomic E-state index is 0.0214. The van der Waals surface area contributed by atoms with Gasteiger partial charge in [-0.25, -0.2) is 17.7 Å². The second-order valence-electron chi connectivity index (χ2n) is 7.31. The van der Waals surface area contributed by atoms with Crippen LogP contribution in [0.1, 0.15) is 26.7 Å². The average Bonchev–Trinajstić information content (AvgIpc) is 3.01. The number of halogens is 3. The van der Waals surface area contributed by atoms with Gasteiger partial charge < -0.3 is 15.6 Å². The number of alkyl halides is 2. The number of nitrogen functional groups attached to an aromatic ring is 1. The zero-order valence-corrected chi connectivity index (χ0v) is 16.1. The number of nitrogens with zero attached hydrogens (tertiary/aromatic N) is 3. The first kappa shape index (κ1) is 20.9. The number of benzene rings is 1. The Morgan fingerprint density at radius 1 is 1.28 bits per heavy atom. The smallest absolute Gasteiger partial charge is 0.276 e. The molecule has 156 valence electrons. The number of aromatic nitrogens is 3. The Balaban J connectivity index is 1.73. The summed E-state index contributed by atoms with van der Waals surface area (Å²) in [5, 5.41) is 13.6. The van der Waals surface area contributed by atoms with Crippen molar-refractivity contribution in [2.75, 3.05) is 12.3 Å². The van der Waals surface area contributed by atoms with Crippen molar-refractivity contribution in [3.63, 3.8) is 0 Å². The van der Waals surface area contributed by atoms with Gasteiger partial charge in [0, 0.05) is 18.2 Å². The fourth-order valence-electron chi connectivity index (χ4n) is 2.99. The van der Waals surface area contributed by atoms with Crippen LogP contribution in [0.5, 0.6) is 5.75 Å². The average molecular weight is 408 g/mol. The lowest BCUT2D eigenvalue weighted by molar-refractivity contribution is -0.124. The molecule has 6 nitrogen and oxygen atoms in total. The van der Waals surface area contributed by atoms with Crippen molar-refractivity contribution in [3.8, 4) is 16.9 Å². The first-order valence-corrected chi connectivity index (χ1v) is 9.27. The summed E-state index contributed by atoms with van der Waals surface area (Å²) in [4.78, 5) is 4.03. The molecule has 0 saturated carbocycles. The van der Waals surface area contributed by atoms with E-state index in [9.17, 15) is 18.3 Å². The van der Waals surface area contributed by atoms with Crippen molar-refractivity contribution < 1.29 is 23.0 Å². The largest absolute Gasteiger partial charge is 0.490 e. The summed E-state index contributed by atoms with van der Waals surface area (Å²) in [5.41, 5.74) is 6.76. The van der Waals surface area contributed by atoms with Crippen LogP contribution in [0, 0.1) is 11.7 Å². The van der Waals surface area contributed by atoms with Crippen LogP contribution in [0.25, 0.3) is 16.8 Å². The fraction of sp³-hybridized carbons (Fsp3) is 0.400. The number of anilines is 1. The van der Waals surface area contributed by atoms with E-state index in [0.717, 1.165) is 0 Å². The maximum absolute atomic E-state index is 14.9. The van der Waals surface area contributed by atoms with Crippen LogP contribution in [-0.4, -0.2) is 38.3 Å². The fourth-order valence-corrected chi connectivity index (χ4v) is 2.99. The van der Waals surface area contributed by atoms with E-state index >= 15 is 0 Å².